The number of para-hydroxylation sites is 4. The molecule has 4 aliphatic heterocycles. The van der Waals surface area contributed by atoms with Crippen LogP contribution in [0.15, 0.2) is 128 Å². The van der Waals surface area contributed by atoms with E-state index in [0.29, 0.717) is 64.2 Å². The molecule has 1 fully saturated rings. The Kier molecular flexibility index (Phi) is 10.4. The number of hydrogen-bond donors (Lipinski definition) is 2. The van der Waals surface area contributed by atoms with Gasteiger partial charge in [-0.05, 0) is 85.2 Å². The number of fused-ring (bicyclic) bond motifs is 4. The van der Waals surface area contributed by atoms with Crippen LogP contribution in [-0.4, -0.2) is 76.9 Å². The number of carbonyl (C=O) groups excluding carboxylic acids is 3. The van der Waals surface area contributed by atoms with Gasteiger partial charge in [0.1, 0.15) is 11.5 Å². The van der Waals surface area contributed by atoms with Crippen molar-refractivity contribution in [3.63, 3.8) is 0 Å². The zero-order chi connectivity index (χ0) is 44.3. The van der Waals surface area contributed by atoms with Crippen molar-refractivity contribution in [2.75, 3.05) is 34.5 Å². The Labute approximate surface area is 371 Å². The molecule has 1 spiro atoms. The van der Waals surface area contributed by atoms with Crippen molar-refractivity contribution in [3.8, 4) is 11.5 Å². The first kappa shape index (κ1) is 41.4. The van der Waals surface area contributed by atoms with Crippen LogP contribution in [0.2, 0.25) is 18.6 Å². The third kappa shape index (κ3) is 6.95. The highest BCUT2D eigenvalue weighted by molar-refractivity contribution is 6.71. The zero-order valence-corrected chi connectivity index (χ0v) is 36.7. The molecule has 1 saturated heterocycles. The first-order valence-corrected chi connectivity index (χ1v) is 24.6. The van der Waals surface area contributed by atoms with Crippen LogP contribution < -0.4 is 24.2 Å². The van der Waals surface area contributed by atoms with Gasteiger partial charge in [-0.1, -0.05) is 78.9 Å². The average molecular weight is 877 g/mol. The van der Waals surface area contributed by atoms with Gasteiger partial charge in [0.15, 0.2) is 27.1 Å². The molecule has 3 amide bonds. The molecule has 0 saturated carbocycles. The van der Waals surface area contributed by atoms with E-state index in [1.807, 2.05) is 148 Å². The molecule has 6 aromatic rings. The molecular weight excluding hydrogens is 829 g/mol. The second kappa shape index (κ2) is 16.2. The number of ether oxygens (including phenoxy) is 3. The van der Waals surface area contributed by atoms with Gasteiger partial charge >= 0.3 is 0 Å². The molecule has 5 aromatic carbocycles. The minimum absolute atomic E-state index is 0.0739. The quantitative estimate of drug-likeness (QED) is 0.131. The Morgan fingerprint density at radius 2 is 1.39 bits per heavy atom. The monoisotopic (exact) mass is 876 g/mol. The van der Waals surface area contributed by atoms with Gasteiger partial charge in [0.05, 0.1) is 47.9 Å². The highest BCUT2D eigenvalue weighted by Gasteiger charge is 2.66. The maximum absolute atomic E-state index is 15.5. The van der Waals surface area contributed by atoms with Crippen molar-refractivity contribution in [3.05, 3.63) is 150 Å². The van der Waals surface area contributed by atoms with Crippen molar-refractivity contribution in [2.45, 2.75) is 62.7 Å². The molecule has 1 aromatic heterocycles. The van der Waals surface area contributed by atoms with E-state index in [1.54, 1.807) is 19.4 Å². The number of rotatable bonds is 11. The molecule has 14 nitrogen and oxygen atoms in total. The molecule has 15 heteroatoms. The van der Waals surface area contributed by atoms with E-state index in [9.17, 15) is 19.5 Å². The van der Waals surface area contributed by atoms with Crippen LogP contribution in [-0.2, 0) is 37.8 Å². The lowest BCUT2D eigenvalue weighted by atomic mass is 9.82. The molecule has 0 radical (unpaired) electrons. The molecule has 0 bridgehead atoms. The standard InChI is InChI=1S/C49H48N6O8Si/c1-31-47(64(2,3)60)44(23-24-52-27-38(50-51-52)36(28-56)33-11-5-4-6-12-33)63-49(31)37-25-35(55-41-14-8-10-16-43(41)62-30-46(55)58)21-22-39(37)53(48(49)59)26-32-17-19-34(20-18-32)54-40-13-7-9-15-42(40)61-29-45(54)57/h4-22,25,27,31,36,44,47,56,60H,23-24,26,28-30H2,1-3H3/t31-,36?,44+,47-,49+/m0/s1. The van der Waals surface area contributed by atoms with Crippen LogP contribution >= 0.6 is 0 Å². The number of aliphatic hydroxyl groups excluding tert-OH is 1. The number of amides is 3. The first-order valence-electron chi connectivity index (χ1n) is 21.6. The smallest absolute Gasteiger partial charge is 0.269 e. The molecule has 326 valence electrons. The van der Waals surface area contributed by atoms with Gasteiger partial charge < -0.3 is 29.0 Å². The van der Waals surface area contributed by atoms with Crippen LogP contribution in [0.3, 0.4) is 0 Å². The third-order valence-electron chi connectivity index (χ3n) is 13.1. The summed E-state index contributed by atoms with van der Waals surface area (Å²) in [5.74, 6) is -0.315. The molecule has 64 heavy (non-hydrogen) atoms. The van der Waals surface area contributed by atoms with Crippen molar-refractivity contribution < 1.29 is 38.5 Å². The van der Waals surface area contributed by atoms with Crippen LogP contribution in [0, 0.1) is 5.92 Å². The minimum atomic E-state index is -3.05. The lowest BCUT2D eigenvalue weighted by Gasteiger charge is -2.33. The number of aliphatic hydroxyl groups is 1. The van der Waals surface area contributed by atoms with E-state index in [0.717, 1.165) is 11.1 Å². The number of anilines is 5. The summed E-state index contributed by atoms with van der Waals surface area (Å²) in [5, 5.41) is 19.1. The molecule has 5 heterocycles. The molecule has 5 atom stereocenters. The van der Waals surface area contributed by atoms with E-state index in [1.165, 1.54) is 0 Å². The summed E-state index contributed by atoms with van der Waals surface area (Å²) in [6, 6.07) is 37.6. The molecule has 4 aliphatic rings. The summed E-state index contributed by atoms with van der Waals surface area (Å²) in [7, 11) is -3.05. The Morgan fingerprint density at radius 3 is 2.03 bits per heavy atom. The number of hydrogen-bond acceptors (Lipinski definition) is 10. The maximum atomic E-state index is 15.5. The summed E-state index contributed by atoms with van der Waals surface area (Å²) in [5.41, 5.74) is 4.27. The Hall–Kier alpha value is -6.65. The molecule has 0 aliphatic carbocycles. The molecule has 10 rings (SSSR count). The van der Waals surface area contributed by atoms with E-state index < -0.39 is 25.9 Å². The first-order chi connectivity index (χ1) is 31.0. The van der Waals surface area contributed by atoms with E-state index in [2.05, 4.69) is 10.3 Å². The fourth-order valence-electron chi connectivity index (χ4n) is 10.2. The van der Waals surface area contributed by atoms with Crippen LogP contribution in [0.4, 0.5) is 28.4 Å². The lowest BCUT2D eigenvalue weighted by Crippen LogP contribution is -2.46. The van der Waals surface area contributed by atoms with E-state index in [4.69, 9.17) is 14.2 Å². The molecule has 2 N–H and O–H groups in total. The normalized spacial score (nSPS) is 22.0. The molecular formula is C49H48N6O8Si. The zero-order valence-electron chi connectivity index (χ0n) is 35.7. The Morgan fingerprint density at radius 1 is 0.781 bits per heavy atom. The van der Waals surface area contributed by atoms with Gasteiger partial charge in [0.2, 0.25) is 0 Å². The summed E-state index contributed by atoms with van der Waals surface area (Å²) in [4.78, 5) is 59.3. The SMILES string of the molecule is C[C@H]1[C@H]([Si](C)(C)O)[C@@H](CCn2cc(C(CO)c3ccccc3)nn2)O[C@]12C(=O)N(Cc1ccc(N3C(=O)COc4ccccc43)cc1)c1ccc(N3C(=O)COc4ccccc43)cc12. The van der Waals surface area contributed by atoms with Crippen molar-refractivity contribution in [1.82, 2.24) is 15.0 Å². The fourth-order valence-corrected chi connectivity index (χ4v) is 12.8. The number of benzene rings is 5. The van der Waals surface area contributed by atoms with E-state index in [-0.39, 0.29) is 55.5 Å². The average Bonchev–Trinajstić information content (AvgIpc) is 3.96. The van der Waals surface area contributed by atoms with Crippen LogP contribution in [0.25, 0.3) is 0 Å². The lowest BCUT2D eigenvalue weighted by molar-refractivity contribution is -0.146. The predicted octanol–water partition coefficient (Wildman–Crippen LogP) is 6.95. The highest BCUT2D eigenvalue weighted by Crippen LogP contribution is 2.60. The maximum Gasteiger partial charge on any atom is 0.269 e. The topological polar surface area (TPSA) is 160 Å². The Bertz CT molecular complexity index is 2760. The highest BCUT2D eigenvalue weighted by atomic mass is 28.4. The van der Waals surface area contributed by atoms with Crippen molar-refractivity contribution >= 4 is 54.5 Å². The van der Waals surface area contributed by atoms with Gasteiger partial charge in [-0.25, -0.2) is 0 Å². The van der Waals surface area contributed by atoms with Crippen molar-refractivity contribution in [2.24, 2.45) is 5.92 Å². The van der Waals surface area contributed by atoms with Crippen LogP contribution in [0.1, 0.15) is 41.6 Å². The van der Waals surface area contributed by atoms with Gasteiger partial charge in [-0.2, -0.15) is 0 Å². The van der Waals surface area contributed by atoms with Gasteiger partial charge in [-0.3, -0.25) is 28.9 Å². The van der Waals surface area contributed by atoms with Gasteiger partial charge in [-0.15, -0.1) is 5.10 Å². The van der Waals surface area contributed by atoms with Crippen LogP contribution in [0.5, 0.6) is 11.5 Å². The number of aryl methyl sites for hydroxylation is 1. The summed E-state index contributed by atoms with van der Waals surface area (Å²) in [6.07, 6.45) is 1.71. The second-order valence-electron chi connectivity index (χ2n) is 17.4. The second-order valence-corrected chi connectivity index (χ2v) is 21.4. The number of carbonyl (C=O) groups is 3. The van der Waals surface area contributed by atoms with Gasteiger partial charge in [0, 0.05) is 41.1 Å². The summed E-state index contributed by atoms with van der Waals surface area (Å²) in [6.45, 7) is 6.01. The molecule has 1 unspecified atom stereocenters. The summed E-state index contributed by atoms with van der Waals surface area (Å²) < 4.78 is 20.4. The van der Waals surface area contributed by atoms with E-state index >= 15 is 4.79 Å². The predicted molar refractivity (Wildman–Crippen MR) is 241 cm³/mol. The third-order valence-corrected chi connectivity index (χ3v) is 15.6. The van der Waals surface area contributed by atoms with Gasteiger partial charge in [0.25, 0.3) is 17.7 Å². The number of aromatic nitrogens is 3. The summed E-state index contributed by atoms with van der Waals surface area (Å²) >= 11 is 0. The number of nitrogens with zero attached hydrogens (tertiary/aromatic N) is 6. The fraction of sp³-hybridized carbons (Fsp3) is 0.286. The minimum Gasteiger partial charge on any atom is -0.482 e. The van der Waals surface area contributed by atoms with Crippen molar-refractivity contribution in [1.29, 1.82) is 0 Å². The Balaban J connectivity index is 1.00. The largest absolute Gasteiger partial charge is 0.482 e.